The lowest BCUT2D eigenvalue weighted by Crippen LogP contribution is -2.43. The number of thiocarbonyl (C=S) groups is 1. The van der Waals surface area contributed by atoms with Crippen LogP contribution in [0.4, 0.5) is 0 Å². The van der Waals surface area contributed by atoms with E-state index in [0.717, 1.165) is 24.0 Å². The van der Waals surface area contributed by atoms with Gasteiger partial charge in [0.25, 0.3) is 0 Å². The molecular weight excluding hydrogens is 272 g/mol. The van der Waals surface area contributed by atoms with E-state index in [0.29, 0.717) is 24.1 Å². The summed E-state index contributed by atoms with van der Waals surface area (Å²) in [7, 11) is 0. The third-order valence-electron chi connectivity index (χ3n) is 3.97. The van der Waals surface area contributed by atoms with E-state index < -0.39 is 6.10 Å². The minimum atomic E-state index is -0.553. The van der Waals surface area contributed by atoms with Crippen LogP contribution in [0, 0.1) is 0 Å². The second-order valence-corrected chi connectivity index (χ2v) is 5.75. The van der Waals surface area contributed by atoms with E-state index >= 15 is 0 Å². The molecule has 110 valence electrons. The predicted molar refractivity (Wildman–Crippen MR) is 83.6 cm³/mol. The van der Waals surface area contributed by atoms with Crippen LogP contribution < -0.4 is 5.73 Å². The van der Waals surface area contributed by atoms with Crippen molar-refractivity contribution in [2.45, 2.75) is 31.4 Å². The first-order valence-electron chi connectivity index (χ1n) is 7.04. The van der Waals surface area contributed by atoms with Crippen molar-refractivity contribution >= 4 is 17.2 Å². The van der Waals surface area contributed by atoms with Crippen molar-refractivity contribution in [2.24, 2.45) is 5.73 Å². The summed E-state index contributed by atoms with van der Waals surface area (Å²) >= 11 is 4.91. The first-order chi connectivity index (χ1) is 9.61. The van der Waals surface area contributed by atoms with Gasteiger partial charge < -0.3 is 15.9 Å². The zero-order valence-electron chi connectivity index (χ0n) is 11.5. The Morgan fingerprint density at radius 1 is 1.35 bits per heavy atom. The van der Waals surface area contributed by atoms with E-state index in [2.05, 4.69) is 4.90 Å². The molecule has 1 aliphatic carbocycles. The Labute approximate surface area is 125 Å². The molecule has 4 nitrogen and oxygen atoms in total. The monoisotopic (exact) mass is 294 g/mol. The SMILES string of the molecule is NC(=S)c1ccc(C(O)CN(CCO)C2CCC2)cc1. The van der Waals surface area contributed by atoms with E-state index in [1.54, 1.807) is 0 Å². The molecule has 0 amide bonds. The summed E-state index contributed by atoms with van der Waals surface area (Å²) in [5.74, 6) is 0. The van der Waals surface area contributed by atoms with Crippen LogP contribution in [0.15, 0.2) is 24.3 Å². The Bertz CT molecular complexity index is 446. The molecule has 0 radical (unpaired) electrons. The topological polar surface area (TPSA) is 69.7 Å². The first kappa shape index (κ1) is 15.4. The van der Waals surface area contributed by atoms with Gasteiger partial charge in [-0.25, -0.2) is 0 Å². The fourth-order valence-electron chi connectivity index (χ4n) is 2.50. The van der Waals surface area contributed by atoms with Gasteiger partial charge in [-0.1, -0.05) is 42.9 Å². The maximum atomic E-state index is 10.3. The fourth-order valence-corrected chi connectivity index (χ4v) is 2.64. The van der Waals surface area contributed by atoms with Crippen molar-refractivity contribution in [1.82, 2.24) is 4.90 Å². The molecule has 5 heteroatoms. The van der Waals surface area contributed by atoms with Crippen molar-refractivity contribution in [3.8, 4) is 0 Å². The number of nitrogens with two attached hydrogens (primary N) is 1. The highest BCUT2D eigenvalue weighted by molar-refractivity contribution is 7.80. The van der Waals surface area contributed by atoms with E-state index in [1.165, 1.54) is 6.42 Å². The molecule has 2 rings (SSSR count). The van der Waals surface area contributed by atoms with E-state index in [9.17, 15) is 5.11 Å². The van der Waals surface area contributed by atoms with Gasteiger partial charge in [0.15, 0.2) is 0 Å². The zero-order chi connectivity index (χ0) is 14.5. The number of hydrogen-bond acceptors (Lipinski definition) is 4. The van der Waals surface area contributed by atoms with Crippen LogP contribution in [0.3, 0.4) is 0 Å². The first-order valence-corrected chi connectivity index (χ1v) is 7.45. The number of nitrogens with zero attached hydrogens (tertiary/aromatic N) is 1. The van der Waals surface area contributed by atoms with Gasteiger partial charge in [-0.2, -0.15) is 0 Å². The molecule has 1 fully saturated rings. The van der Waals surface area contributed by atoms with Crippen LogP contribution in [0.5, 0.6) is 0 Å². The lowest BCUT2D eigenvalue weighted by atomic mass is 9.91. The van der Waals surface area contributed by atoms with Crippen molar-refractivity contribution in [2.75, 3.05) is 19.7 Å². The fraction of sp³-hybridized carbons (Fsp3) is 0.533. The maximum absolute atomic E-state index is 10.3. The molecule has 20 heavy (non-hydrogen) atoms. The van der Waals surface area contributed by atoms with Gasteiger partial charge in [0, 0.05) is 24.7 Å². The summed E-state index contributed by atoms with van der Waals surface area (Å²) in [5, 5.41) is 19.5. The second-order valence-electron chi connectivity index (χ2n) is 5.31. The number of rotatable bonds is 7. The van der Waals surface area contributed by atoms with Crippen molar-refractivity contribution in [3.05, 3.63) is 35.4 Å². The third-order valence-corrected chi connectivity index (χ3v) is 4.20. The molecular formula is C15H22N2O2S. The van der Waals surface area contributed by atoms with E-state index in [1.807, 2.05) is 24.3 Å². The highest BCUT2D eigenvalue weighted by Crippen LogP contribution is 2.26. The molecule has 1 unspecified atom stereocenters. The molecule has 1 aromatic rings. The smallest absolute Gasteiger partial charge is 0.103 e. The van der Waals surface area contributed by atoms with Gasteiger partial charge in [-0.15, -0.1) is 0 Å². The summed E-state index contributed by atoms with van der Waals surface area (Å²) in [5.41, 5.74) is 7.22. The summed E-state index contributed by atoms with van der Waals surface area (Å²) in [4.78, 5) is 2.54. The molecule has 0 heterocycles. The highest BCUT2D eigenvalue weighted by atomic mass is 32.1. The summed E-state index contributed by atoms with van der Waals surface area (Å²) in [6.07, 6.45) is 3.01. The summed E-state index contributed by atoms with van der Waals surface area (Å²) in [6, 6.07) is 7.89. The van der Waals surface area contributed by atoms with Crippen LogP contribution in [0.25, 0.3) is 0 Å². The third kappa shape index (κ3) is 3.76. The quantitative estimate of drug-likeness (QED) is 0.659. The minimum Gasteiger partial charge on any atom is -0.395 e. The Morgan fingerprint density at radius 2 is 2.00 bits per heavy atom. The van der Waals surface area contributed by atoms with Gasteiger partial charge in [-0.3, -0.25) is 4.90 Å². The second kappa shape index (κ2) is 7.13. The van der Waals surface area contributed by atoms with Crippen LogP contribution in [0.2, 0.25) is 0 Å². The molecule has 1 atom stereocenters. The normalized spacial score (nSPS) is 16.9. The highest BCUT2D eigenvalue weighted by Gasteiger charge is 2.26. The van der Waals surface area contributed by atoms with E-state index in [4.69, 9.17) is 23.1 Å². The minimum absolute atomic E-state index is 0.129. The number of aliphatic hydroxyl groups excluding tert-OH is 2. The van der Waals surface area contributed by atoms with Gasteiger partial charge in [-0.05, 0) is 18.4 Å². The predicted octanol–water partition coefficient (Wildman–Crippen LogP) is 1.20. The Kier molecular flexibility index (Phi) is 5.48. The Hall–Kier alpha value is -1.01. The van der Waals surface area contributed by atoms with Crippen molar-refractivity contribution in [3.63, 3.8) is 0 Å². The lowest BCUT2D eigenvalue weighted by molar-refractivity contribution is 0.0460. The van der Waals surface area contributed by atoms with Gasteiger partial charge in [0.1, 0.15) is 4.99 Å². The average Bonchev–Trinajstić information content (AvgIpc) is 2.37. The van der Waals surface area contributed by atoms with Crippen molar-refractivity contribution in [1.29, 1.82) is 0 Å². The van der Waals surface area contributed by atoms with Crippen molar-refractivity contribution < 1.29 is 10.2 Å². The van der Waals surface area contributed by atoms with E-state index in [-0.39, 0.29) is 6.61 Å². The molecule has 0 bridgehead atoms. The molecule has 1 aliphatic rings. The molecule has 0 aliphatic heterocycles. The zero-order valence-corrected chi connectivity index (χ0v) is 12.4. The molecule has 4 N–H and O–H groups in total. The van der Waals surface area contributed by atoms with Gasteiger partial charge in [0.2, 0.25) is 0 Å². The Morgan fingerprint density at radius 3 is 2.45 bits per heavy atom. The van der Waals surface area contributed by atoms with Crippen LogP contribution in [-0.2, 0) is 0 Å². The molecule has 0 aromatic heterocycles. The van der Waals surface area contributed by atoms with Crippen LogP contribution in [-0.4, -0.2) is 45.8 Å². The number of hydrogen-bond donors (Lipinski definition) is 3. The molecule has 0 saturated heterocycles. The van der Waals surface area contributed by atoms with Gasteiger partial charge >= 0.3 is 0 Å². The standard InChI is InChI=1S/C15H22N2O2S/c16-15(20)12-6-4-11(5-7-12)14(19)10-17(8-9-18)13-2-1-3-13/h4-7,13-14,18-19H,1-3,8-10H2,(H2,16,20). The molecule has 1 saturated carbocycles. The van der Waals surface area contributed by atoms with Gasteiger partial charge in [0.05, 0.1) is 12.7 Å². The number of aliphatic hydroxyl groups is 2. The summed E-state index contributed by atoms with van der Waals surface area (Å²) < 4.78 is 0. The average molecular weight is 294 g/mol. The Balaban J connectivity index is 1.98. The maximum Gasteiger partial charge on any atom is 0.103 e. The molecule has 1 aromatic carbocycles. The van der Waals surface area contributed by atoms with Crippen LogP contribution in [0.1, 0.15) is 36.5 Å². The lowest BCUT2D eigenvalue weighted by Gasteiger charge is -2.38. The molecule has 0 spiro atoms. The summed E-state index contributed by atoms with van der Waals surface area (Å²) in [6.45, 7) is 1.30. The van der Waals surface area contributed by atoms with Crippen LogP contribution >= 0.6 is 12.2 Å². The number of benzene rings is 1. The largest absolute Gasteiger partial charge is 0.395 e.